The predicted octanol–water partition coefficient (Wildman–Crippen LogP) is 10.8. The fourth-order valence-electron chi connectivity index (χ4n) is 7.81. The van der Waals surface area contributed by atoms with E-state index in [9.17, 15) is 0 Å². The maximum absolute atomic E-state index is 4.95. The van der Waals surface area contributed by atoms with Crippen LogP contribution in [0.25, 0.3) is 61.7 Å². The van der Waals surface area contributed by atoms with Gasteiger partial charge in [0.1, 0.15) is 0 Å². The lowest BCUT2D eigenvalue weighted by molar-refractivity contribution is 0.794. The van der Waals surface area contributed by atoms with Gasteiger partial charge in [-0.1, -0.05) is 152 Å². The summed E-state index contributed by atoms with van der Waals surface area (Å²) in [6.07, 6.45) is 3.77. The Hall–Kier alpha value is -6.19. The summed E-state index contributed by atoms with van der Waals surface area (Å²) < 4.78 is 0. The van der Waals surface area contributed by atoms with E-state index in [1.165, 1.54) is 44.5 Å². The second-order valence-corrected chi connectivity index (χ2v) is 12.3. The molecule has 3 heteroatoms. The van der Waals surface area contributed by atoms with Gasteiger partial charge in [0.05, 0.1) is 5.41 Å². The normalized spacial score (nSPS) is 13.5. The predicted molar refractivity (Wildman–Crippen MR) is 196 cm³/mol. The molecule has 2 aliphatic carbocycles. The summed E-state index contributed by atoms with van der Waals surface area (Å²) in [5.74, 6) is 1.88. The molecule has 0 amide bonds. The van der Waals surface area contributed by atoms with Crippen molar-refractivity contribution in [2.45, 2.75) is 12.3 Å². The highest BCUT2D eigenvalue weighted by atomic mass is 15.0. The van der Waals surface area contributed by atoms with E-state index in [1.807, 2.05) is 43.3 Å². The van der Waals surface area contributed by atoms with Crippen molar-refractivity contribution in [3.63, 3.8) is 0 Å². The summed E-state index contributed by atoms with van der Waals surface area (Å²) in [5.41, 5.74) is 15.2. The van der Waals surface area contributed by atoms with E-state index in [-0.39, 0.29) is 5.41 Å². The minimum Gasteiger partial charge on any atom is -0.208 e. The minimum absolute atomic E-state index is 0.343. The van der Waals surface area contributed by atoms with Crippen molar-refractivity contribution in [2.75, 3.05) is 0 Å². The molecule has 0 radical (unpaired) electrons. The molecule has 226 valence electrons. The Bertz CT molecular complexity index is 2390. The third-order valence-corrected chi connectivity index (χ3v) is 9.91. The largest absolute Gasteiger partial charge is 0.208 e. The quantitative estimate of drug-likeness (QED) is 0.181. The van der Waals surface area contributed by atoms with Gasteiger partial charge >= 0.3 is 0 Å². The molecule has 1 heterocycles. The lowest BCUT2D eigenvalue weighted by Gasteiger charge is -2.30. The molecule has 2 aliphatic rings. The van der Waals surface area contributed by atoms with Gasteiger partial charge in [0.15, 0.2) is 17.5 Å². The Morgan fingerprint density at radius 2 is 0.979 bits per heavy atom. The lowest BCUT2D eigenvalue weighted by atomic mass is 9.70. The van der Waals surface area contributed by atoms with Gasteiger partial charge in [0.2, 0.25) is 0 Å². The number of rotatable bonds is 5. The lowest BCUT2D eigenvalue weighted by Crippen LogP contribution is -2.25. The summed E-state index contributed by atoms with van der Waals surface area (Å²) in [6.45, 7) is 5.97. The standard InChI is InChI=1S/C45H31N3/c1-3-29(4-2)42-46-43(30-15-6-5-7-16-30)48-44(47-42)33-18-14-17-31(27-33)32-25-26-41-37(28-32)36-21-10-13-24-40(36)45(41)38-22-11-8-19-34(38)35-20-9-12-23-39(35)45/h3-28H,1H2,2H3/b29-4+. The molecule has 48 heavy (non-hydrogen) atoms. The molecule has 6 aromatic carbocycles. The zero-order valence-electron chi connectivity index (χ0n) is 26.6. The van der Waals surface area contributed by atoms with Gasteiger partial charge in [-0.3, -0.25) is 0 Å². The number of fused-ring (bicyclic) bond motifs is 10. The molecule has 3 nitrogen and oxygen atoms in total. The summed E-state index contributed by atoms with van der Waals surface area (Å²) in [6, 6.07) is 52.4. The summed E-state index contributed by atoms with van der Waals surface area (Å²) in [7, 11) is 0. The van der Waals surface area contributed by atoms with Crippen LogP contribution in [0.15, 0.2) is 164 Å². The molecule has 0 saturated carbocycles. The van der Waals surface area contributed by atoms with Gasteiger partial charge in [0.25, 0.3) is 0 Å². The SMILES string of the molecule is C=C/C(=C\C)c1nc(-c2ccccc2)nc(-c2cccc(-c3ccc4c(c3)-c3ccccc3C43c4ccccc4-c4ccccc43)c2)n1. The van der Waals surface area contributed by atoms with E-state index in [0.717, 1.165) is 27.8 Å². The fourth-order valence-corrected chi connectivity index (χ4v) is 7.81. The molecule has 1 aromatic heterocycles. The highest BCUT2D eigenvalue weighted by Crippen LogP contribution is 2.62. The first-order chi connectivity index (χ1) is 23.7. The molecular formula is C45H31N3. The Balaban J connectivity index is 1.21. The van der Waals surface area contributed by atoms with Crippen molar-refractivity contribution in [3.05, 3.63) is 192 Å². The number of hydrogen-bond acceptors (Lipinski definition) is 3. The third-order valence-electron chi connectivity index (χ3n) is 9.91. The molecule has 9 rings (SSSR count). The fraction of sp³-hybridized carbons (Fsp3) is 0.0444. The number of benzene rings is 6. The molecule has 1 spiro atoms. The van der Waals surface area contributed by atoms with Crippen LogP contribution in [0.4, 0.5) is 0 Å². The van der Waals surface area contributed by atoms with Crippen molar-refractivity contribution in [2.24, 2.45) is 0 Å². The van der Waals surface area contributed by atoms with Crippen molar-refractivity contribution >= 4 is 5.57 Å². The van der Waals surface area contributed by atoms with Crippen LogP contribution in [0.3, 0.4) is 0 Å². The first-order valence-corrected chi connectivity index (χ1v) is 16.4. The van der Waals surface area contributed by atoms with Gasteiger partial charge in [-0.15, -0.1) is 0 Å². The Kier molecular flexibility index (Phi) is 6.41. The third kappa shape index (κ3) is 4.04. The summed E-state index contributed by atoms with van der Waals surface area (Å²) >= 11 is 0. The van der Waals surface area contributed by atoms with E-state index in [0.29, 0.717) is 17.5 Å². The molecule has 0 saturated heterocycles. The van der Waals surface area contributed by atoms with E-state index in [4.69, 9.17) is 15.0 Å². The summed E-state index contributed by atoms with van der Waals surface area (Å²) in [5, 5.41) is 0. The van der Waals surface area contributed by atoms with Crippen LogP contribution in [0.1, 0.15) is 35.0 Å². The first-order valence-electron chi connectivity index (χ1n) is 16.4. The van der Waals surface area contributed by atoms with Crippen molar-refractivity contribution < 1.29 is 0 Å². The monoisotopic (exact) mass is 613 g/mol. The maximum Gasteiger partial charge on any atom is 0.164 e. The molecular weight excluding hydrogens is 583 g/mol. The minimum atomic E-state index is -0.343. The van der Waals surface area contributed by atoms with Crippen LogP contribution in [-0.2, 0) is 5.41 Å². The van der Waals surface area contributed by atoms with E-state index in [1.54, 1.807) is 6.08 Å². The Morgan fingerprint density at radius 1 is 0.479 bits per heavy atom. The van der Waals surface area contributed by atoms with Crippen LogP contribution in [-0.4, -0.2) is 15.0 Å². The smallest absolute Gasteiger partial charge is 0.164 e. The zero-order valence-corrected chi connectivity index (χ0v) is 26.6. The van der Waals surface area contributed by atoms with Crippen molar-refractivity contribution in [3.8, 4) is 56.2 Å². The zero-order chi connectivity index (χ0) is 32.2. The Labute approximate surface area is 280 Å². The van der Waals surface area contributed by atoms with Crippen LogP contribution in [0.2, 0.25) is 0 Å². The Morgan fingerprint density at radius 3 is 1.60 bits per heavy atom. The molecule has 0 bridgehead atoms. The molecule has 7 aromatic rings. The van der Waals surface area contributed by atoms with Crippen LogP contribution in [0.5, 0.6) is 0 Å². The second-order valence-electron chi connectivity index (χ2n) is 12.3. The average Bonchev–Trinajstić information content (AvgIpc) is 3.63. The van der Waals surface area contributed by atoms with E-state index in [2.05, 4.69) is 122 Å². The van der Waals surface area contributed by atoms with Crippen LogP contribution in [0, 0.1) is 0 Å². The van der Waals surface area contributed by atoms with E-state index < -0.39 is 0 Å². The molecule has 0 unspecified atom stereocenters. The number of aromatic nitrogens is 3. The van der Waals surface area contributed by atoms with Crippen molar-refractivity contribution in [1.82, 2.24) is 15.0 Å². The van der Waals surface area contributed by atoms with Gasteiger partial charge in [-0.2, -0.15) is 0 Å². The van der Waals surface area contributed by atoms with Gasteiger partial charge in [0, 0.05) is 16.7 Å². The molecule has 0 fully saturated rings. The van der Waals surface area contributed by atoms with E-state index >= 15 is 0 Å². The van der Waals surface area contributed by atoms with Gasteiger partial charge in [-0.05, 0) is 74.7 Å². The molecule has 0 aliphatic heterocycles. The van der Waals surface area contributed by atoms with Gasteiger partial charge in [-0.25, -0.2) is 15.0 Å². The van der Waals surface area contributed by atoms with Crippen LogP contribution >= 0.6 is 0 Å². The number of allylic oxidation sites excluding steroid dienone is 3. The van der Waals surface area contributed by atoms with Crippen LogP contribution < -0.4 is 0 Å². The highest BCUT2D eigenvalue weighted by molar-refractivity contribution is 5.96. The topological polar surface area (TPSA) is 38.7 Å². The van der Waals surface area contributed by atoms with Gasteiger partial charge < -0.3 is 0 Å². The molecule has 0 atom stereocenters. The molecule has 0 N–H and O–H groups in total. The second kappa shape index (κ2) is 11.0. The first kappa shape index (κ1) is 28.1. The van der Waals surface area contributed by atoms with Crippen molar-refractivity contribution in [1.29, 1.82) is 0 Å². The highest BCUT2D eigenvalue weighted by Gasteiger charge is 2.51. The maximum atomic E-state index is 4.95. The number of hydrogen-bond donors (Lipinski definition) is 0. The average molecular weight is 614 g/mol. The summed E-state index contributed by atoms with van der Waals surface area (Å²) in [4.78, 5) is 14.7. The number of nitrogens with zero attached hydrogens (tertiary/aromatic N) is 3.